The molecule has 1 aliphatic rings. The Kier molecular flexibility index (Phi) is 3.80. The summed E-state index contributed by atoms with van der Waals surface area (Å²) in [7, 11) is -3.24. The Bertz CT molecular complexity index is 513. The molecule has 5 heteroatoms. The minimum absolute atomic E-state index is 0.115. The van der Waals surface area contributed by atoms with Crippen LogP contribution in [0.25, 0.3) is 0 Å². The molecular formula is C13H19NO3S. The summed E-state index contributed by atoms with van der Waals surface area (Å²) in [6.45, 7) is 4.27. The maximum atomic E-state index is 12.3. The number of ether oxygens (including phenoxy) is 1. The van der Waals surface area contributed by atoms with Crippen LogP contribution in [0.3, 0.4) is 0 Å². The van der Waals surface area contributed by atoms with Crippen LogP contribution in [0, 0.1) is 0 Å². The van der Waals surface area contributed by atoms with Crippen LogP contribution in [0.2, 0.25) is 0 Å². The van der Waals surface area contributed by atoms with Gasteiger partial charge >= 0.3 is 0 Å². The molecule has 1 aliphatic heterocycles. The van der Waals surface area contributed by atoms with Crippen LogP contribution in [-0.4, -0.2) is 26.8 Å². The highest BCUT2D eigenvalue weighted by Gasteiger charge is 2.30. The molecule has 1 aromatic rings. The third-order valence-corrected chi connectivity index (χ3v) is 4.80. The number of para-hydroxylation sites is 2. The zero-order valence-corrected chi connectivity index (χ0v) is 11.6. The van der Waals surface area contributed by atoms with Crippen molar-refractivity contribution in [1.82, 2.24) is 0 Å². The lowest BCUT2D eigenvalue weighted by atomic mass is 10.2. The Morgan fingerprint density at radius 2 is 2.11 bits per heavy atom. The molecule has 0 saturated carbocycles. The number of rotatable bonds is 4. The van der Waals surface area contributed by atoms with Crippen LogP contribution in [0.4, 0.5) is 5.69 Å². The fourth-order valence-corrected chi connectivity index (χ4v) is 3.81. The molecular weight excluding hydrogens is 250 g/mol. The highest BCUT2D eigenvalue weighted by Crippen LogP contribution is 2.34. The van der Waals surface area contributed by atoms with Crippen LogP contribution in [-0.2, 0) is 10.0 Å². The van der Waals surface area contributed by atoms with Gasteiger partial charge in [-0.25, -0.2) is 8.42 Å². The molecule has 4 nitrogen and oxygen atoms in total. The van der Waals surface area contributed by atoms with Crippen molar-refractivity contribution in [2.45, 2.75) is 32.8 Å². The molecule has 0 saturated heterocycles. The summed E-state index contributed by atoms with van der Waals surface area (Å²) in [4.78, 5) is 0. The van der Waals surface area contributed by atoms with E-state index in [-0.39, 0.29) is 11.9 Å². The van der Waals surface area contributed by atoms with E-state index in [9.17, 15) is 8.42 Å². The smallest absolute Gasteiger partial charge is 0.235 e. The van der Waals surface area contributed by atoms with Gasteiger partial charge in [0.25, 0.3) is 0 Å². The van der Waals surface area contributed by atoms with Crippen molar-refractivity contribution in [3.8, 4) is 5.75 Å². The maximum Gasteiger partial charge on any atom is 0.235 e. The first-order valence-electron chi connectivity index (χ1n) is 6.30. The molecule has 1 aromatic carbocycles. The van der Waals surface area contributed by atoms with Gasteiger partial charge in [-0.1, -0.05) is 25.5 Å². The number of sulfonamides is 1. The Balaban J connectivity index is 2.34. The minimum atomic E-state index is -3.24. The van der Waals surface area contributed by atoms with E-state index >= 15 is 0 Å². The van der Waals surface area contributed by atoms with Gasteiger partial charge in [-0.2, -0.15) is 0 Å². The predicted octanol–water partition coefficient (Wildman–Crippen LogP) is 2.40. The average Bonchev–Trinajstić information content (AvgIpc) is 2.35. The monoisotopic (exact) mass is 269 g/mol. The highest BCUT2D eigenvalue weighted by atomic mass is 32.2. The van der Waals surface area contributed by atoms with Crippen molar-refractivity contribution in [2.24, 2.45) is 0 Å². The standard InChI is InChI=1S/C13H19NO3S/c1-3-4-9-18(15,16)14-10-11(2)17-13-8-6-5-7-12(13)14/h5-8,11H,3-4,9-10H2,1-2H3. The lowest BCUT2D eigenvalue weighted by molar-refractivity contribution is 0.219. The summed E-state index contributed by atoms with van der Waals surface area (Å²) in [6.07, 6.45) is 1.45. The van der Waals surface area contributed by atoms with Gasteiger partial charge in [0.2, 0.25) is 10.0 Å². The zero-order chi connectivity index (χ0) is 13.2. The van der Waals surface area contributed by atoms with Crippen molar-refractivity contribution in [3.05, 3.63) is 24.3 Å². The number of anilines is 1. The van der Waals surface area contributed by atoms with Crippen molar-refractivity contribution in [2.75, 3.05) is 16.6 Å². The SMILES string of the molecule is CCCCS(=O)(=O)N1CC(C)Oc2ccccc21. The molecule has 100 valence electrons. The first-order valence-corrected chi connectivity index (χ1v) is 7.91. The van der Waals surface area contributed by atoms with E-state index in [2.05, 4.69) is 0 Å². The fourth-order valence-electron chi connectivity index (χ4n) is 2.05. The molecule has 0 fully saturated rings. The molecule has 0 N–H and O–H groups in total. The molecule has 0 radical (unpaired) electrons. The largest absolute Gasteiger partial charge is 0.487 e. The summed E-state index contributed by atoms with van der Waals surface area (Å²) >= 11 is 0. The van der Waals surface area contributed by atoms with E-state index in [1.807, 2.05) is 32.0 Å². The summed E-state index contributed by atoms with van der Waals surface area (Å²) in [5.41, 5.74) is 0.659. The van der Waals surface area contributed by atoms with Gasteiger partial charge in [-0.15, -0.1) is 0 Å². The summed E-state index contributed by atoms with van der Waals surface area (Å²) in [5.74, 6) is 0.848. The summed E-state index contributed by atoms with van der Waals surface area (Å²) < 4.78 is 31.8. The van der Waals surface area contributed by atoms with Gasteiger partial charge in [0, 0.05) is 0 Å². The van der Waals surface area contributed by atoms with Gasteiger partial charge in [0.15, 0.2) is 0 Å². The molecule has 0 bridgehead atoms. The highest BCUT2D eigenvalue weighted by molar-refractivity contribution is 7.92. The molecule has 2 rings (SSSR count). The first-order chi connectivity index (χ1) is 8.54. The van der Waals surface area contributed by atoms with Crippen molar-refractivity contribution in [3.63, 3.8) is 0 Å². The molecule has 1 atom stereocenters. The predicted molar refractivity (Wildman–Crippen MR) is 72.6 cm³/mol. The number of hydrogen-bond donors (Lipinski definition) is 0. The summed E-state index contributed by atoms with van der Waals surface area (Å²) in [6, 6.07) is 7.30. The molecule has 1 heterocycles. The van der Waals surface area contributed by atoms with Crippen LogP contribution in [0.15, 0.2) is 24.3 Å². The zero-order valence-electron chi connectivity index (χ0n) is 10.8. The van der Waals surface area contributed by atoms with Crippen LogP contribution < -0.4 is 9.04 Å². The molecule has 0 spiro atoms. The normalized spacial score (nSPS) is 19.2. The molecule has 1 unspecified atom stereocenters. The second-order valence-corrected chi connectivity index (χ2v) is 6.61. The second-order valence-electron chi connectivity index (χ2n) is 4.60. The number of nitrogens with zero attached hydrogens (tertiary/aromatic N) is 1. The average molecular weight is 269 g/mol. The molecule has 18 heavy (non-hydrogen) atoms. The van der Waals surface area contributed by atoms with E-state index in [0.29, 0.717) is 24.4 Å². The van der Waals surface area contributed by atoms with Crippen LogP contribution in [0.5, 0.6) is 5.75 Å². The number of fused-ring (bicyclic) bond motifs is 1. The minimum Gasteiger partial charge on any atom is -0.487 e. The third kappa shape index (κ3) is 2.61. The van der Waals surface area contributed by atoms with Crippen molar-refractivity contribution in [1.29, 1.82) is 0 Å². The third-order valence-electron chi connectivity index (χ3n) is 2.98. The van der Waals surface area contributed by atoms with E-state index in [4.69, 9.17) is 4.74 Å². The molecule has 0 aliphatic carbocycles. The quantitative estimate of drug-likeness (QED) is 0.843. The van der Waals surface area contributed by atoms with Gasteiger partial charge in [-0.3, -0.25) is 4.31 Å². The van der Waals surface area contributed by atoms with Crippen molar-refractivity contribution >= 4 is 15.7 Å². The lowest BCUT2D eigenvalue weighted by Gasteiger charge is -2.34. The number of benzene rings is 1. The maximum absolute atomic E-state index is 12.3. The first kappa shape index (κ1) is 13.2. The van der Waals surface area contributed by atoms with Crippen LogP contribution in [0.1, 0.15) is 26.7 Å². The van der Waals surface area contributed by atoms with E-state index < -0.39 is 10.0 Å². The Morgan fingerprint density at radius 3 is 2.83 bits per heavy atom. The van der Waals surface area contributed by atoms with E-state index in [0.717, 1.165) is 6.42 Å². The fraction of sp³-hybridized carbons (Fsp3) is 0.538. The Labute approximate surface area is 109 Å². The van der Waals surface area contributed by atoms with E-state index in [1.54, 1.807) is 6.07 Å². The Hall–Kier alpha value is -1.23. The van der Waals surface area contributed by atoms with Gasteiger partial charge in [0.1, 0.15) is 11.9 Å². The Morgan fingerprint density at radius 1 is 1.39 bits per heavy atom. The van der Waals surface area contributed by atoms with Gasteiger partial charge in [-0.05, 0) is 25.5 Å². The topological polar surface area (TPSA) is 46.6 Å². The van der Waals surface area contributed by atoms with Crippen LogP contribution >= 0.6 is 0 Å². The van der Waals surface area contributed by atoms with E-state index in [1.165, 1.54) is 4.31 Å². The number of unbranched alkanes of at least 4 members (excludes halogenated alkanes) is 1. The second kappa shape index (κ2) is 5.18. The molecule has 0 amide bonds. The molecule has 0 aromatic heterocycles. The summed E-state index contributed by atoms with van der Waals surface area (Å²) in [5, 5.41) is 0. The van der Waals surface area contributed by atoms with Gasteiger partial charge < -0.3 is 4.74 Å². The lowest BCUT2D eigenvalue weighted by Crippen LogP contribution is -2.43. The van der Waals surface area contributed by atoms with Crippen molar-refractivity contribution < 1.29 is 13.2 Å². The number of hydrogen-bond acceptors (Lipinski definition) is 3. The van der Waals surface area contributed by atoms with Gasteiger partial charge in [0.05, 0.1) is 18.0 Å².